The highest BCUT2D eigenvalue weighted by atomic mass is 35.5. The monoisotopic (exact) mass is 441 g/mol. The summed E-state index contributed by atoms with van der Waals surface area (Å²) < 4.78 is 3.57. The summed E-state index contributed by atoms with van der Waals surface area (Å²) >= 11 is 6.21. The quantitative estimate of drug-likeness (QED) is 0.439. The molecule has 3 aromatic heterocycles. The summed E-state index contributed by atoms with van der Waals surface area (Å²) in [6.07, 6.45) is 3.54. The van der Waals surface area contributed by atoms with Crippen molar-refractivity contribution in [3.63, 3.8) is 0 Å². The van der Waals surface area contributed by atoms with E-state index < -0.39 is 5.91 Å². The average Bonchev–Trinajstić information content (AvgIpc) is 3.42. The van der Waals surface area contributed by atoms with E-state index in [-0.39, 0.29) is 5.56 Å². The van der Waals surface area contributed by atoms with Crippen molar-refractivity contribution >= 4 is 45.5 Å². The maximum atomic E-state index is 13.0. The van der Waals surface area contributed by atoms with Crippen LogP contribution in [-0.4, -0.2) is 30.2 Å². The Kier molecular flexibility index (Phi) is 5.01. The number of amides is 1. The normalized spacial score (nSPS) is 11.0. The van der Waals surface area contributed by atoms with Gasteiger partial charge in [-0.15, -0.1) is 0 Å². The van der Waals surface area contributed by atoms with E-state index in [1.54, 1.807) is 39.7 Å². The second kappa shape index (κ2) is 8.13. The van der Waals surface area contributed by atoms with E-state index in [1.165, 1.54) is 0 Å². The Morgan fingerprint density at radius 2 is 1.78 bits per heavy atom. The third-order valence-corrected chi connectivity index (χ3v) is 5.46. The van der Waals surface area contributed by atoms with Gasteiger partial charge in [-0.25, -0.2) is 9.97 Å². The first-order valence-electron chi connectivity index (χ1n) is 9.88. The molecule has 0 bridgehead atoms. The molecule has 1 N–H and O–H groups in total. The van der Waals surface area contributed by atoms with Gasteiger partial charge in [0.25, 0.3) is 5.91 Å². The molecule has 156 valence electrons. The fourth-order valence-corrected chi connectivity index (χ4v) is 3.83. The summed E-state index contributed by atoms with van der Waals surface area (Å²) in [6.45, 7) is 0.941. The number of anilines is 1. The lowest BCUT2D eigenvalue weighted by molar-refractivity contribution is 0.102. The van der Waals surface area contributed by atoms with Gasteiger partial charge < -0.3 is 9.88 Å². The highest BCUT2D eigenvalue weighted by Gasteiger charge is 2.23. The van der Waals surface area contributed by atoms with Crippen molar-refractivity contribution in [3.05, 3.63) is 83.1 Å². The number of fused-ring (bicyclic) bond motifs is 2. The van der Waals surface area contributed by atoms with Crippen LogP contribution in [0.3, 0.4) is 0 Å². The topological polar surface area (TPSA) is 101 Å². The van der Waals surface area contributed by atoms with Crippen molar-refractivity contribution in [1.82, 2.24) is 24.3 Å². The van der Waals surface area contributed by atoms with Crippen LogP contribution in [0.25, 0.3) is 22.2 Å². The van der Waals surface area contributed by atoms with Gasteiger partial charge >= 0.3 is 0 Å². The van der Waals surface area contributed by atoms with Crippen molar-refractivity contribution in [3.8, 4) is 6.07 Å². The van der Waals surface area contributed by atoms with E-state index >= 15 is 0 Å². The minimum Gasteiger partial charge on any atom is -0.308 e. The molecule has 9 heteroatoms. The standard InChI is InChI=1S/C23H16ClN7O/c24-17-7-2-1-6-15(17)23(32)29-21-16(14-25)20-22(28-19-9-4-3-8-18(19)27-20)31(21)13-12-30-11-5-10-26-30/h1-11H,12-13H2,(H,29,32). The number of rotatable bonds is 5. The number of nitriles is 1. The Bertz CT molecular complexity index is 1500. The van der Waals surface area contributed by atoms with Crippen LogP contribution in [0.1, 0.15) is 15.9 Å². The first-order chi connectivity index (χ1) is 15.7. The van der Waals surface area contributed by atoms with E-state index in [9.17, 15) is 10.1 Å². The lowest BCUT2D eigenvalue weighted by Gasteiger charge is -2.12. The fourth-order valence-electron chi connectivity index (χ4n) is 3.61. The molecule has 1 amide bonds. The summed E-state index contributed by atoms with van der Waals surface area (Å²) in [7, 11) is 0. The molecule has 3 heterocycles. The maximum absolute atomic E-state index is 13.0. The molecule has 8 nitrogen and oxygen atoms in total. The van der Waals surface area contributed by atoms with Gasteiger partial charge in [0.1, 0.15) is 23.0 Å². The van der Waals surface area contributed by atoms with Crippen LogP contribution in [0, 0.1) is 11.3 Å². The number of nitrogens with zero attached hydrogens (tertiary/aromatic N) is 6. The number of hydrogen-bond acceptors (Lipinski definition) is 5. The van der Waals surface area contributed by atoms with E-state index in [0.717, 1.165) is 0 Å². The molecule has 2 aromatic carbocycles. The van der Waals surface area contributed by atoms with Crippen LogP contribution in [0.15, 0.2) is 67.0 Å². The first-order valence-corrected chi connectivity index (χ1v) is 10.3. The molecular formula is C23H16ClN7O. The lowest BCUT2D eigenvalue weighted by Crippen LogP contribution is -2.18. The van der Waals surface area contributed by atoms with E-state index in [4.69, 9.17) is 16.6 Å². The number of carbonyl (C=O) groups is 1. The van der Waals surface area contributed by atoms with Crippen LogP contribution in [0.4, 0.5) is 5.82 Å². The number of halogens is 1. The Morgan fingerprint density at radius 3 is 2.50 bits per heavy atom. The number of para-hydroxylation sites is 2. The van der Waals surface area contributed by atoms with Crippen LogP contribution in [0.2, 0.25) is 5.02 Å². The molecule has 5 rings (SSSR count). The molecule has 0 radical (unpaired) electrons. The van der Waals surface area contributed by atoms with Gasteiger partial charge in [-0.3, -0.25) is 9.48 Å². The molecule has 0 aliphatic rings. The van der Waals surface area contributed by atoms with Crippen molar-refractivity contribution < 1.29 is 4.79 Å². The Morgan fingerprint density at radius 1 is 1.03 bits per heavy atom. The van der Waals surface area contributed by atoms with Gasteiger partial charge in [-0.1, -0.05) is 35.9 Å². The third kappa shape index (κ3) is 3.45. The van der Waals surface area contributed by atoms with Gasteiger partial charge in [0.2, 0.25) is 0 Å². The molecule has 5 aromatic rings. The highest BCUT2D eigenvalue weighted by Crippen LogP contribution is 2.30. The number of aryl methyl sites for hydroxylation is 2. The average molecular weight is 442 g/mol. The number of carbonyl (C=O) groups excluding carboxylic acids is 1. The van der Waals surface area contributed by atoms with E-state index in [1.807, 2.05) is 36.5 Å². The number of hydrogen-bond donors (Lipinski definition) is 1. The summed E-state index contributed by atoms with van der Waals surface area (Å²) in [4.78, 5) is 22.4. The van der Waals surface area contributed by atoms with Gasteiger partial charge in [0.05, 0.1) is 28.2 Å². The predicted octanol–water partition coefficient (Wildman–Crippen LogP) is 4.26. The zero-order valence-electron chi connectivity index (χ0n) is 16.7. The molecule has 0 unspecified atom stereocenters. The van der Waals surface area contributed by atoms with Crippen LogP contribution < -0.4 is 5.32 Å². The zero-order chi connectivity index (χ0) is 22.1. The Labute approximate surface area is 187 Å². The molecule has 0 aliphatic heterocycles. The molecule has 0 saturated carbocycles. The molecule has 0 atom stereocenters. The summed E-state index contributed by atoms with van der Waals surface area (Å²) in [5.74, 6) is -0.0883. The zero-order valence-corrected chi connectivity index (χ0v) is 17.5. The molecule has 32 heavy (non-hydrogen) atoms. The van der Waals surface area contributed by atoms with E-state index in [2.05, 4.69) is 21.5 Å². The SMILES string of the molecule is N#Cc1c(NC(=O)c2ccccc2Cl)n(CCn2cccn2)c2nc3ccccc3nc12. The van der Waals surface area contributed by atoms with Crippen molar-refractivity contribution in [2.24, 2.45) is 0 Å². The summed E-state index contributed by atoms with van der Waals surface area (Å²) in [6, 6.07) is 18.2. The predicted molar refractivity (Wildman–Crippen MR) is 121 cm³/mol. The second-order valence-electron chi connectivity index (χ2n) is 7.07. The molecule has 0 spiro atoms. The fraction of sp³-hybridized carbons (Fsp3) is 0.0870. The second-order valence-corrected chi connectivity index (χ2v) is 7.48. The third-order valence-electron chi connectivity index (χ3n) is 5.13. The first kappa shape index (κ1) is 19.7. The van der Waals surface area contributed by atoms with E-state index in [0.29, 0.717) is 51.7 Å². The minimum absolute atomic E-state index is 0.249. The van der Waals surface area contributed by atoms with Crippen LogP contribution >= 0.6 is 11.6 Å². The van der Waals surface area contributed by atoms with Crippen LogP contribution in [0.5, 0.6) is 0 Å². The van der Waals surface area contributed by atoms with Crippen LogP contribution in [-0.2, 0) is 13.1 Å². The van der Waals surface area contributed by atoms with Crippen molar-refractivity contribution in [1.29, 1.82) is 5.26 Å². The Balaban J connectivity index is 1.67. The lowest BCUT2D eigenvalue weighted by atomic mass is 10.2. The molecular weight excluding hydrogens is 426 g/mol. The summed E-state index contributed by atoms with van der Waals surface area (Å²) in [5, 5.41) is 17.4. The smallest absolute Gasteiger partial charge is 0.258 e. The van der Waals surface area contributed by atoms with Crippen molar-refractivity contribution in [2.75, 3.05) is 5.32 Å². The molecule has 0 aliphatic carbocycles. The van der Waals surface area contributed by atoms with Gasteiger partial charge in [-0.2, -0.15) is 10.4 Å². The molecule has 0 saturated heterocycles. The Hall–Kier alpha value is -4.22. The molecule has 0 fully saturated rings. The largest absolute Gasteiger partial charge is 0.308 e. The highest BCUT2D eigenvalue weighted by molar-refractivity contribution is 6.34. The van der Waals surface area contributed by atoms with Gasteiger partial charge in [0.15, 0.2) is 5.65 Å². The maximum Gasteiger partial charge on any atom is 0.258 e. The van der Waals surface area contributed by atoms with Gasteiger partial charge in [-0.05, 0) is 30.3 Å². The number of aromatic nitrogens is 5. The number of benzene rings is 2. The number of nitrogens with one attached hydrogen (secondary N) is 1. The minimum atomic E-state index is -0.417. The summed E-state index contributed by atoms with van der Waals surface area (Å²) in [5.41, 5.74) is 2.88. The van der Waals surface area contributed by atoms with Gasteiger partial charge in [0, 0.05) is 18.9 Å². The van der Waals surface area contributed by atoms with Crippen molar-refractivity contribution in [2.45, 2.75) is 13.1 Å².